The third-order valence-electron chi connectivity index (χ3n) is 2.93. The lowest BCUT2D eigenvalue weighted by molar-refractivity contribution is -0.137. The highest BCUT2D eigenvalue weighted by atomic mass is 16.5. The average molecular weight is 270 g/mol. The summed E-state index contributed by atoms with van der Waals surface area (Å²) >= 11 is 0. The van der Waals surface area contributed by atoms with Crippen LogP contribution in [0.1, 0.15) is 18.9 Å². The van der Waals surface area contributed by atoms with Crippen LogP contribution in [-0.4, -0.2) is 17.7 Å². The lowest BCUT2D eigenvalue weighted by Crippen LogP contribution is -2.03. The molecule has 0 radical (unpaired) electrons. The second-order valence-corrected chi connectivity index (χ2v) is 4.66. The summed E-state index contributed by atoms with van der Waals surface area (Å²) < 4.78 is 4.89. The fourth-order valence-electron chi connectivity index (χ4n) is 1.99. The number of allylic oxidation sites excluding steroid dienone is 1. The summed E-state index contributed by atoms with van der Waals surface area (Å²) in [6, 6.07) is 14.0. The normalized spacial score (nSPS) is 11.6. The summed E-state index contributed by atoms with van der Waals surface area (Å²) in [5.41, 5.74) is 0.959. The van der Waals surface area contributed by atoms with Gasteiger partial charge in [0.25, 0.3) is 0 Å². The number of carbonyl (C=O) groups excluding carboxylic acids is 1. The van der Waals surface area contributed by atoms with Crippen LogP contribution in [0.25, 0.3) is 10.8 Å². The molecule has 0 atom stereocenters. The van der Waals surface area contributed by atoms with Crippen LogP contribution in [0.3, 0.4) is 0 Å². The highest BCUT2D eigenvalue weighted by Crippen LogP contribution is 2.17. The van der Waals surface area contributed by atoms with E-state index in [0.29, 0.717) is 13.0 Å². The minimum atomic E-state index is -0.495. The standard InChI is InChI=1S/C17H18O3/c1-2-9-20-17(19)12-16(18)11-13-7-8-14-5-3-4-6-15(14)10-13/h3-8,10,12,18H,2,9,11H2,1H3. The zero-order valence-electron chi connectivity index (χ0n) is 11.5. The first-order valence-corrected chi connectivity index (χ1v) is 6.73. The molecule has 2 rings (SSSR count). The minimum absolute atomic E-state index is 0.0152. The van der Waals surface area contributed by atoms with E-state index in [9.17, 15) is 9.90 Å². The molecule has 3 nitrogen and oxygen atoms in total. The predicted molar refractivity (Wildman–Crippen MR) is 79.6 cm³/mol. The summed E-state index contributed by atoms with van der Waals surface area (Å²) in [5, 5.41) is 12.1. The number of benzene rings is 2. The van der Waals surface area contributed by atoms with E-state index < -0.39 is 5.97 Å². The molecule has 0 fully saturated rings. The second kappa shape index (κ2) is 6.75. The molecule has 2 aromatic rings. The van der Waals surface area contributed by atoms with Crippen molar-refractivity contribution >= 4 is 16.7 Å². The molecule has 20 heavy (non-hydrogen) atoms. The summed E-state index contributed by atoms with van der Waals surface area (Å²) in [4.78, 5) is 11.4. The van der Waals surface area contributed by atoms with Crippen LogP contribution >= 0.6 is 0 Å². The molecule has 3 heteroatoms. The Hall–Kier alpha value is -2.29. The molecule has 0 aromatic heterocycles. The van der Waals surface area contributed by atoms with Gasteiger partial charge >= 0.3 is 5.97 Å². The SMILES string of the molecule is CCCOC(=O)C=C(O)Cc1ccc2ccccc2c1. The van der Waals surface area contributed by atoms with Gasteiger partial charge in [0.05, 0.1) is 12.7 Å². The van der Waals surface area contributed by atoms with E-state index in [0.717, 1.165) is 28.8 Å². The Kier molecular flexibility index (Phi) is 4.77. The fraction of sp³-hybridized carbons (Fsp3) is 0.235. The maximum Gasteiger partial charge on any atom is 0.334 e. The van der Waals surface area contributed by atoms with Gasteiger partial charge in [-0.1, -0.05) is 49.4 Å². The molecule has 0 unspecified atom stereocenters. The monoisotopic (exact) mass is 270 g/mol. The Labute approximate surface area is 118 Å². The molecule has 104 valence electrons. The molecule has 0 bridgehead atoms. The van der Waals surface area contributed by atoms with Crippen molar-refractivity contribution in [3.8, 4) is 0 Å². The third kappa shape index (κ3) is 3.85. The first-order valence-electron chi connectivity index (χ1n) is 6.73. The molecule has 2 aromatic carbocycles. The van der Waals surface area contributed by atoms with Gasteiger partial charge in [0.2, 0.25) is 0 Å². The fourth-order valence-corrected chi connectivity index (χ4v) is 1.99. The van der Waals surface area contributed by atoms with E-state index in [1.807, 2.05) is 49.4 Å². The van der Waals surface area contributed by atoms with Crippen LogP contribution in [0.15, 0.2) is 54.3 Å². The van der Waals surface area contributed by atoms with E-state index >= 15 is 0 Å². The Morgan fingerprint density at radius 1 is 1.20 bits per heavy atom. The first-order chi connectivity index (χ1) is 9.69. The maximum absolute atomic E-state index is 11.4. The predicted octanol–water partition coefficient (Wildman–Crippen LogP) is 3.78. The van der Waals surface area contributed by atoms with Crippen molar-refractivity contribution in [3.63, 3.8) is 0 Å². The van der Waals surface area contributed by atoms with Gasteiger partial charge in [0.15, 0.2) is 0 Å². The van der Waals surface area contributed by atoms with E-state index in [-0.39, 0.29) is 5.76 Å². The summed E-state index contributed by atoms with van der Waals surface area (Å²) in [5.74, 6) is -0.480. The van der Waals surface area contributed by atoms with Crippen LogP contribution in [-0.2, 0) is 16.0 Å². The largest absolute Gasteiger partial charge is 0.512 e. The van der Waals surface area contributed by atoms with E-state index in [1.165, 1.54) is 0 Å². The van der Waals surface area contributed by atoms with Crippen molar-refractivity contribution in [2.75, 3.05) is 6.61 Å². The Balaban J connectivity index is 2.07. The summed E-state index contributed by atoms with van der Waals surface area (Å²) in [6.45, 7) is 2.30. The van der Waals surface area contributed by atoms with Crippen LogP contribution in [0.4, 0.5) is 0 Å². The van der Waals surface area contributed by atoms with Crippen LogP contribution in [0, 0.1) is 0 Å². The highest BCUT2D eigenvalue weighted by molar-refractivity contribution is 5.84. The van der Waals surface area contributed by atoms with Gasteiger partial charge in [-0.05, 0) is 22.8 Å². The van der Waals surface area contributed by atoms with E-state index in [1.54, 1.807) is 0 Å². The minimum Gasteiger partial charge on any atom is -0.512 e. The van der Waals surface area contributed by atoms with Crippen molar-refractivity contribution in [2.45, 2.75) is 19.8 Å². The zero-order valence-corrected chi connectivity index (χ0v) is 11.5. The van der Waals surface area contributed by atoms with Crippen molar-refractivity contribution in [3.05, 3.63) is 59.9 Å². The maximum atomic E-state index is 11.4. The van der Waals surface area contributed by atoms with Crippen molar-refractivity contribution in [1.82, 2.24) is 0 Å². The molecule has 0 spiro atoms. The quantitative estimate of drug-likeness (QED) is 0.511. The molecule has 1 N–H and O–H groups in total. The molecule has 0 heterocycles. The number of carbonyl (C=O) groups is 1. The third-order valence-corrected chi connectivity index (χ3v) is 2.93. The number of esters is 1. The van der Waals surface area contributed by atoms with Crippen LogP contribution in [0.5, 0.6) is 0 Å². The number of rotatable bonds is 5. The first kappa shape index (κ1) is 14.1. The summed E-state index contributed by atoms with van der Waals surface area (Å²) in [7, 11) is 0. The molecular formula is C17H18O3. The topological polar surface area (TPSA) is 46.5 Å². The lowest BCUT2D eigenvalue weighted by Gasteiger charge is -2.04. The van der Waals surface area contributed by atoms with Gasteiger partial charge in [0, 0.05) is 6.42 Å². The van der Waals surface area contributed by atoms with Gasteiger partial charge in [-0.25, -0.2) is 4.79 Å². The van der Waals surface area contributed by atoms with Crippen molar-refractivity contribution in [1.29, 1.82) is 0 Å². The van der Waals surface area contributed by atoms with E-state index in [2.05, 4.69) is 0 Å². The number of hydrogen-bond donors (Lipinski definition) is 1. The number of ether oxygens (including phenoxy) is 1. The molecule has 0 aliphatic heterocycles. The number of aliphatic hydroxyl groups is 1. The second-order valence-electron chi connectivity index (χ2n) is 4.66. The molecule has 0 aliphatic carbocycles. The zero-order chi connectivity index (χ0) is 14.4. The Bertz CT molecular complexity index is 629. The lowest BCUT2D eigenvalue weighted by atomic mass is 10.0. The smallest absolute Gasteiger partial charge is 0.334 e. The van der Waals surface area contributed by atoms with Gasteiger partial charge in [0.1, 0.15) is 5.76 Å². The Morgan fingerprint density at radius 3 is 2.70 bits per heavy atom. The molecule has 0 saturated carbocycles. The number of aliphatic hydroxyl groups excluding tert-OH is 1. The van der Waals surface area contributed by atoms with Gasteiger partial charge in [-0.3, -0.25) is 0 Å². The van der Waals surface area contributed by atoms with Crippen molar-refractivity contribution < 1.29 is 14.6 Å². The average Bonchev–Trinajstić information content (AvgIpc) is 2.44. The summed E-state index contributed by atoms with van der Waals surface area (Å²) in [6.07, 6.45) is 2.24. The van der Waals surface area contributed by atoms with Crippen molar-refractivity contribution in [2.24, 2.45) is 0 Å². The van der Waals surface area contributed by atoms with Crippen LogP contribution < -0.4 is 0 Å². The molecule has 0 amide bonds. The van der Waals surface area contributed by atoms with Crippen LogP contribution in [0.2, 0.25) is 0 Å². The molecule has 0 aliphatic rings. The Morgan fingerprint density at radius 2 is 1.95 bits per heavy atom. The van der Waals surface area contributed by atoms with Gasteiger partial charge in [-0.2, -0.15) is 0 Å². The highest BCUT2D eigenvalue weighted by Gasteiger charge is 2.03. The van der Waals surface area contributed by atoms with Gasteiger partial charge < -0.3 is 9.84 Å². The van der Waals surface area contributed by atoms with Gasteiger partial charge in [-0.15, -0.1) is 0 Å². The van der Waals surface area contributed by atoms with E-state index in [4.69, 9.17) is 4.74 Å². The molecular weight excluding hydrogens is 252 g/mol. The number of fused-ring (bicyclic) bond motifs is 1. The number of hydrogen-bond acceptors (Lipinski definition) is 3. The molecule has 0 saturated heterocycles.